The summed E-state index contributed by atoms with van der Waals surface area (Å²) in [4.78, 5) is 11.2. The topological polar surface area (TPSA) is 37.3 Å². The maximum Gasteiger partial charge on any atom is 0.310 e. The summed E-state index contributed by atoms with van der Waals surface area (Å²) in [7, 11) is 0. The molecule has 0 aromatic rings. The van der Waals surface area contributed by atoms with Crippen LogP contribution in [0.5, 0.6) is 0 Å². The fraction of sp³-hybridized carbons (Fsp3) is 0.560. The first-order valence-electron chi connectivity index (χ1n) is 10.3. The van der Waals surface area contributed by atoms with E-state index in [2.05, 4.69) is 53.3 Å². The highest BCUT2D eigenvalue weighted by Crippen LogP contribution is 2.55. The lowest BCUT2D eigenvalue weighted by Gasteiger charge is -2.47. The summed E-state index contributed by atoms with van der Waals surface area (Å²) in [5, 5.41) is 9.21. The van der Waals surface area contributed by atoms with Gasteiger partial charge in [-0.3, -0.25) is 4.79 Å². The Labute approximate surface area is 164 Å². The van der Waals surface area contributed by atoms with Crippen LogP contribution < -0.4 is 0 Å². The minimum atomic E-state index is -0.753. The van der Waals surface area contributed by atoms with Gasteiger partial charge in [-0.25, -0.2) is 0 Å². The van der Waals surface area contributed by atoms with Gasteiger partial charge in [-0.1, -0.05) is 71.1 Å². The number of carboxylic acids is 1. The fourth-order valence-electron chi connectivity index (χ4n) is 4.87. The molecule has 2 heteroatoms. The number of hydrogen-bond acceptors (Lipinski definition) is 1. The molecule has 0 aromatic heterocycles. The highest BCUT2D eigenvalue weighted by Gasteiger charge is 2.41. The van der Waals surface area contributed by atoms with E-state index in [4.69, 9.17) is 0 Å². The number of carboxylic acid groups (broad SMARTS) is 1. The van der Waals surface area contributed by atoms with Gasteiger partial charge in [0.25, 0.3) is 0 Å². The second-order valence-electron chi connectivity index (χ2n) is 9.75. The number of hydrogen-bond donors (Lipinski definition) is 1. The molecule has 27 heavy (non-hydrogen) atoms. The van der Waals surface area contributed by atoms with Crippen molar-refractivity contribution >= 4 is 5.97 Å². The van der Waals surface area contributed by atoms with Crippen molar-refractivity contribution in [3.05, 3.63) is 58.7 Å². The normalized spacial score (nSPS) is 28.9. The van der Waals surface area contributed by atoms with E-state index in [-0.39, 0.29) is 10.8 Å². The predicted octanol–water partition coefficient (Wildman–Crippen LogP) is 6.63. The largest absolute Gasteiger partial charge is 0.481 e. The van der Waals surface area contributed by atoms with Crippen molar-refractivity contribution in [2.45, 2.75) is 66.7 Å². The molecule has 1 N–H and O–H groups in total. The van der Waals surface area contributed by atoms with E-state index >= 15 is 0 Å². The Hall–Kier alpha value is -1.83. The second-order valence-corrected chi connectivity index (χ2v) is 9.75. The van der Waals surface area contributed by atoms with E-state index < -0.39 is 11.9 Å². The Kier molecular flexibility index (Phi) is 5.14. The number of allylic oxidation sites excluding steroid dienone is 8. The molecule has 3 aliphatic rings. The molecule has 146 valence electrons. The SMILES string of the molecule is C=C(C1=CCC(C(=O)O)C=C1)C1=CC2=C(CC1CC)C(C)(C)CCC2(C)C. The van der Waals surface area contributed by atoms with Gasteiger partial charge in [0, 0.05) is 0 Å². The minimum Gasteiger partial charge on any atom is -0.481 e. The van der Waals surface area contributed by atoms with Crippen LogP contribution in [0.1, 0.15) is 66.7 Å². The summed E-state index contributed by atoms with van der Waals surface area (Å²) in [6.45, 7) is 16.2. The quantitative estimate of drug-likeness (QED) is 0.606. The molecule has 0 bridgehead atoms. The van der Waals surface area contributed by atoms with Gasteiger partial charge in [-0.15, -0.1) is 0 Å². The molecule has 3 rings (SSSR count). The van der Waals surface area contributed by atoms with Crippen LogP contribution in [0.15, 0.2) is 58.7 Å². The number of aliphatic carboxylic acids is 1. The molecule has 0 heterocycles. The molecule has 0 saturated heterocycles. The molecule has 0 aromatic carbocycles. The lowest BCUT2D eigenvalue weighted by atomic mass is 9.58. The van der Waals surface area contributed by atoms with Crippen LogP contribution in [-0.4, -0.2) is 11.1 Å². The Balaban J connectivity index is 1.98. The van der Waals surface area contributed by atoms with Gasteiger partial charge >= 0.3 is 5.97 Å². The van der Waals surface area contributed by atoms with Gasteiger partial charge in [0.1, 0.15) is 0 Å². The minimum absolute atomic E-state index is 0.209. The molecule has 0 radical (unpaired) electrons. The lowest BCUT2D eigenvalue weighted by Crippen LogP contribution is -2.34. The third-order valence-electron chi connectivity index (χ3n) is 7.04. The second kappa shape index (κ2) is 6.96. The molecular formula is C25H34O2. The first-order valence-corrected chi connectivity index (χ1v) is 10.3. The van der Waals surface area contributed by atoms with Gasteiger partial charge in [-0.2, -0.15) is 0 Å². The van der Waals surface area contributed by atoms with Crippen molar-refractivity contribution in [2.24, 2.45) is 22.7 Å². The van der Waals surface area contributed by atoms with Gasteiger partial charge in [-0.05, 0) is 71.1 Å². The van der Waals surface area contributed by atoms with E-state index in [9.17, 15) is 9.90 Å². The maximum absolute atomic E-state index is 11.2. The van der Waals surface area contributed by atoms with Crippen LogP contribution in [0, 0.1) is 22.7 Å². The highest BCUT2D eigenvalue weighted by molar-refractivity contribution is 5.73. The maximum atomic E-state index is 11.2. The Morgan fingerprint density at radius 2 is 1.89 bits per heavy atom. The van der Waals surface area contributed by atoms with E-state index in [0.717, 1.165) is 24.0 Å². The zero-order valence-electron chi connectivity index (χ0n) is 17.6. The van der Waals surface area contributed by atoms with Gasteiger partial charge < -0.3 is 5.11 Å². The molecule has 0 amide bonds. The highest BCUT2D eigenvalue weighted by atomic mass is 16.4. The molecule has 0 fully saturated rings. The third-order valence-corrected chi connectivity index (χ3v) is 7.04. The average molecular weight is 367 g/mol. The average Bonchev–Trinajstić information content (AvgIpc) is 2.64. The summed E-state index contributed by atoms with van der Waals surface area (Å²) < 4.78 is 0. The van der Waals surface area contributed by atoms with Gasteiger partial charge in [0.05, 0.1) is 5.92 Å². The van der Waals surface area contributed by atoms with E-state index in [1.54, 1.807) is 5.57 Å². The predicted molar refractivity (Wildman–Crippen MR) is 112 cm³/mol. The van der Waals surface area contributed by atoms with Crippen LogP contribution in [0.25, 0.3) is 0 Å². The van der Waals surface area contributed by atoms with Crippen LogP contribution in [0.2, 0.25) is 0 Å². The standard InChI is InChI=1S/C25H34O2/c1-7-17-14-21-22(25(5,6)13-12-24(21,3)4)15-20(17)16(2)18-8-10-19(11-9-18)23(26)27/h8-10,15,17,19H,2,7,11-14H2,1,3-6H3,(H,26,27). The van der Waals surface area contributed by atoms with Crippen molar-refractivity contribution in [1.29, 1.82) is 0 Å². The smallest absolute Gasteiger partial charge is 0.310 e. The Bertz CT molecular complexity index is 783. The zero-order chi connectivity index (χ0) is 20.0. The first-order chi connectivity index (χ1) is 12.6. The van der Waals surface area contributed by atoms with Crippen LogP contribution in [-0.2, 0) is 4.79 Å². The van der Waals surface area contributed by atoms with Crippen molar-refractivity contribution in [1.82, 2.24) is 0 Å². The molecule has 2 nitrogen and oxygen atoms in total. The zero-order valence-corrected chi connectivity index (χ0v) is 17.6. The van der Waals surface area contributed by atoms with Crippen molar-refractivity contribution in [2.75, 3.05) is 0 Å². The molecule has 0 aliphatic heterocycles. The molecule has 3 aliphatic carbocycles. The van der Waals surface area contributed by atoms with Crippen LogP contribution >= 0.6 is 0 Å². The molecule has 2 unspecified atom stereocenters. The Morgan fingerprint density at radius 1 is 1.22 bits per heavy atom. The van der Waals surface area contributed by atoms with Crippen molar-refractivity contribution in [3.8, 4) is 0 Å². The first kappa shape index (κ1) is 19.9. The van der Waals surface area contributed by atoms with Gasteiger partial charge in [0.2, 0.25) is 0 Å². The summed E-state index contributed by atoms with van der Waals surface area (Å²) in [6.07, 6.45) is 13.5. The summed E-state index contributed by atoms with van der Waals surface area (Å²) in [6, 6.07) is 0. The van der Waals surface area contributed by atoms with E-state index in [1.165, 1.54) is 24.0 Å². The fourth-order valence-corrected chi connectivity index (χ4v) is 4.87. The van der Waals surface area contributed by atoms with Crippen molar-refractivity contribution in [3.63, 3.8) is 0 Å². The molecule has 2 atom stereocenters. The lowest BCUT2D eigenvalue weighted by molar-refractivity contribution is -0.139. The summed E-state index contributed by atoms with van der Waals surface area (Å²) in [5.74, 6) is -0.663. The van der Waals surface area contributed by atoms with Gasteiger partial charge in [0.15, 0.2) is 0 Å². The van der Waals surface area contributed by atoms with E-state index in [1.807, 2.05) is 12.2 Å². The van der Waals surface area contributed by atoms with Crippen molar-refractivity contribution < 1.29 is 9.90 Å². The third kappa shape index (κ3) is 3.63. The molecular weight excluding hydrogens is 332 g/mol. The Morgan fingerprint density at radius 3 is 2.44 bits per heavy atom. The number of carbonyl (C=O) groups is 1. The summed E-state index contributed by atoms with van der Waals surface area (Å²) >= 11 is 0. The van der Waals surface area contributed by atoms with E-state index in [0.29, 0.717) is 12.3 Å². The summed E-state index contributed by atoms with van der Waals surface area (Å²) in [5.41, 5.74) is 7.17. The van der Waals surface area contributed by atoms with Crippen LogP contribution in [0.4, 0.5) is 0 Å². The van der Waals surface area contributed by atoms with Crippen LogP contribution in [0.3, 0.4) is 0 Å². The number of rotatable bonds is 4. The molecule has 0 saturated carbocycles. The molecule has 0 spiro atoms. The monoisotopic (exact) mass is 366 g/mol.